The van der Waals surface area contributed by atoms with Crippen molar-refractivity contribution in [2.24, 2.45) is 0 Å². The average molecular weight is 448 g/mol. The van der Waals surface area contributed by atoms with Crippen molar-refractivity contribution in [3.63, 3.8) is 0 Å². The molecule has 3 rings (SSSR count). The summed E-state index contributed by atoms with van der Waals surface area (Å²) in [5.74, 6) is -0.0158. The second-order valence-electron chi connectivity index (χ2n) is 6.45. The number of rotatable bonds is 9. The fourth-order valence-corrected chi connectivity index (χ4v) is 4.28. The Kier molecular flexibility index (Phi) is 6.56. The number of nitro benzene ring substituents is 1. The van der Waals surface area contributed by atoms with Crippen LogP contribution in [0.5, 0.6) is 5.75 Å². The number of hydrogen-bond donors (Lipinski definition) is 0. The molecule has 0 atom stereocenters. The number of carbonyl (C=O) groups is 1. The van der Waals surface area contributed by atoms with Crippen LogP contribution in [-0.4, -0.2) is 43.9 Å². The van der Waals surface area contributed by atoms with E-state index in [9.17, 15) is 23.3 Å². The Bertz CT molecular complexity index is 1200. The van der Waals surface area contributed by atoms with E-state index in [-0.39, 0.29) is 29.5 Å². The molecule has 0 saturated heterocycles. The van der Waals surface area contributed by atoms with Gasteiger partial charge in [0, 0.05) is 17.5 Å². The second kappa shape index (κ2) is 9.14. The third-order valence-electron chi connectivity index (χ3n) is 4.40. The van der Waals surface area contributed by atoms with Crippen LogP contribution >= 0.6 is 0 Å². The Balaban J connectivity index is 1.95. The van der Waals surface area contributed by atoms with Gasteiger partial charge in [-0.15, -0.1) is 0 Å². The number of hydrogen-bond acceptors (Lipinski definition) is 8. The molecule has 0 bridgehead atoms. The topological polar surface area (TPSA) is 129 Å². The maximum atomic E-state index is 13.2. The molecule has 164 valence electrons. The monoisotopic (exact) mass is 448 g/mol. The minimum atomic E-state index is -4.09. The largest absolute Gasteiger partial charge is 0.497 e. The van der Waals surface area contributed by atoms with Gasteiger partial charge >= 0.3 is 5.97 Å². The molecule has 2 aromatic carbocycles. The van der Waals surface area contributed by atoms with Gasteiger partial charge in [-0.3, -0.25) is 14.9 Å². The van der Waals surface area contributed by atoms with Gasteiger partial charge in [-0.2, -0.15) is 4.31 Å². The van der Waals surface area contributed by atoms with E-state index < -0.39 is 27.5 Å². The number of fused-ring (bicyclic) bond motifs is 1. The van der Waals surface area contributed by atoms with Gasteiger partial charge in [-0.1, -0.05) is 0 Å². The van der Waals surface area contributed by atoms with E-state index in [4.69, 9.17) is 13.9 Å². The lowest BCUT2D eigenvalue weighted by Gasteiger charge is -2.20. The molecule has 1 heterocycles. The van der Waals surface area contributed by atoms with E-state index in [0.29, 0.717) is 16.7 Å². The van der Waals surface area contributed by atoms with E-state index in [1.807, 2.05) is 0 Å². The van der Waals surface area contributed by atoms with E-state index >= 15 is 0 Å². The summed E-state index contributed by atoms with van der Waals surface area (Å²) in [4.78, 5) is 22.5. The van der Waals surface area contributed by atoms with Crippen LogP contribution in [0.4, 0.5) is 5.69 Å². The van der Waals surface area contributed by atoms with Crippen LogP contribution in [0.3, 0.4) is 0 Å². The second-order valence-corrected chi connectivity index (χ2v) is 8.38. The first kappa shape index (κ1) is 22.2. The van der Waals surface area contributed by atoms with Crippen LogP contribution < -0.4 is 4.74 Å². The van der Waals surface area contributed by atoms with Crippen LogP contribution in [0.25, 0.3) is 11.0 Å². The van der Waals surface area contributed by atoms with Crippen molar-refractivity contribution in [3.05, 3.63) is 64.4 Å². The summed E-state index contributed by atoms with van der Waals surface area (Å²) in [6, 6.07) is 11.3. The van der Waals surface area contributed by atoms with Gasteiger partial charge in [0.1, 0.15) is 23.6 Å². The highest BCUT2D eigenvalue weighted by Crippen LogP contribution is 2.27. The lowest BCUT2D eigenvalue weighted by Crippen LogP contribution is -2.36. The van der Waals surface area contributed by atoms with Crippen molar-refractivity contribution in [3.8, 4) is 5.75 Å². The summed E-state index contributed by atoms with van der Waals surface area (Å²) in [5, 5.41) is 11.4. The Morgan fingerprint density at radius 1 is 1.16 bits per heavy atom. The molecule has 1 aromatic heterocycles. The van der Waals surface area contributed by atoms with Crippen LogP contribution in [-0.2, 0) is 26.1 Å². The van der Waals surface area contributed by atoms with Crippen molar-refractivity contribution in [2.45, 2.75) is 18.4 Å². The number of nitro groups is 1. The summed E-state index contributed by atoms with van der Waals surface area (Å²) in [6.07, 6.45) is 0. The van der Waals surface area contributed by atoms with Crippen molar-refractivity contribution in [2.75, 3.05) is 20.3 Å². The third-order valence-corrected chi connectivity index (χ3v) is 6.21. The minimum absolute atomic E-state index is 0.0376. The predicted molar refractivity (Wildman–Crippen MR) is 110 cm³/mol. The van der Waals surface area contributed by atoms with Crippen LogP contribution in [0.1, 0.15) is 12.7 Å². The highest BCUT2D eigenvalue weighted by molar-refractivity contribution is 7.89. The fraction of sp³-hybridized carbons (Fsp3) is 0.250. The highest BCUT2D eigenvalue weighted by Gasteiger charge is 2.29. The highest BCUT2D eigenvalue weighted by atomic mass is 32.2. The number of nitrogens with zero attached hydrogens (tertiary/aromatic N) is 2. The number of ether oxygens (including phenoxy) is 2. The smallest absolute Gasteiger partial charge is 0.321 e. The maximum absolute atomic E-state index is 13.2. The molecule has 0 amide bonds. The number of benzene rings is 2. The zero-order valence-corrected chi connectivity index (χ0v) is 17.6. The summed E-state index contributed by atoms with van der Waals surface area (Å²) >= 11 is 0. The molecule has 0 spiro atoms. The fourth-order valence-electron chi connectivity index (χ4n) is 2.92. The van der Waals surface area contributed by atoms with Gasteiger partial charge in [0.2, 0.25) is 10.0 Å². The Morgan fingerprint density at radius 3 is 2.48 bits per heavy atom. The quantitative estimate of drug-likeness (QED) is 0.277. The third kappa shape index (κ3) is 5.01. The zero-order chi connectivity index (χ0) is 22.6. The number of non-ortho nitro benzene ring substituents is 1. The van der Waals surface area contributed by atoms with Crippen molar-refractivity contribution >= 4 is 32.6 Å². The molecule has 31 heavy (non-hydrogen) atoms. The molecule has 10 nitrogen and oxygen atoms in total. The van der Waals surface area contributed by atoms with E-state index in [2.05, 4.69) is 0 Å². The summed E-state index contributed by atoms with van der Waals surface area (Å²) in [7, 11) is -2.63. The molecule has 0 saturated carbocycles. The molecule has 0 radical (unpaired) electrons. The van der Waals surface area contributed by atoms with E-state index in [1.54, 1.807) is 6.92 Å². The average Bonchev–Trinajstić information content (AvgIpc) is 3.15. The lowest BCUT2D eigenvalue weighted by atomic mass is 10.2. The first-order valence-electron chi connectivity index (χ1n) is 9.21. The number of furan rings is 1. The molecule has 0 aliphatic carbocycles. The van der Waals surface area contributed by atoms with E-state index in [1.165, 1.54) is 55.6 Å². The molecule has 0 aliphatic rings. The normalized spacial score (nSPS) is 11.6. The van der Waals surface area contributed by atoms with Crippen LogP contribution in [0.15, 0.2) is 57.8 Å². The lowest BCUT2D eigenvalue weighted by molar-refractivity contribution is -0.384. The molecule has 0 N–H and O–H groups in total. The number of esters is 1. The van der Waals surface area contributed by atoms with Gasteiger partial charge in [0.25, 0.3) is 5.69 Å². The molecule has 0 unspecified atom stereocenters. The molecule has 0 fully saturated rings. The first-order valence-corrected chi connectivity index (χ1v) is 10.6. The molecule has 3 aromatic rings. The van der Waals surface area contributed by atoms with Crippen molar-refractivity contribution < 1.29 is 32.0 Å². The van der Waals surface area contributed by atoms with E-state index in [0.717, 1.165) is 4.31 Å². The van der Waals surface area contributed by atoms with Gasteiger partial charge in [0.05, 0.1) is 30.1 Å². The SMILES string of the molecule is CCOC(=O)CN(Cc1cc2cc([N+](=O)[O-])ccc2o1)S(=O)(=O)c1ccc(OC)cc1. The van der Waals surface area contributed by atoms with Gasteiger partial charge in [0.15, 0.2) is 0 Å². The Hall–Kier alpha value is -3.44. The van der Waals surface area contributed by atoms with Crippen molar-refractivity contribution in [1.29, 1.82) is 0 Å². The summed E-state index contributed by atoms with van der Waals surface area (Å²) in [6.45, 7) is 0.922. The first-order chi connectivity index (χ1) is 14.7. The molecule has 0 aliphatic heterocycles. The summed E-state index contributed by atoms with van der Waals surface area (Å²) < 4.78 is 42.9. The van der Waals surface area contributed by atoms with Gasteiger partial charge < -0.3 is 13.9 Å². The number of carbonyl (C=O) groups excluding carboxylic acids is 1. The number of methoxy groups -OCH3 is 1. The Labute approximate surface area is 178 Å². The molecular formula is C20H20N2O8S. The maximum Gasteiger partial charge on any atom is 0.321 e. The zero-order valence-electron chi connectivity index (χ0n) is 16.8. The van der Waals surface area contributed by atoms with Gasteiger partial charge in [-0.25, -0.2) is 8.42 Å². The van der Waals surface area contributed by atoms with Crippen molar-refractivity contribution in [1.82, 2.24) is 4.31 Å². The number of sulfonamides is 1. The van der Waals surface area contributed by atoms with Gasteiger partial charge in [-0.05, 0) is 43.3 Å². The summed E-state index contributed by atoms with van der Waals surface area (Å²) in [5.41, 5.74) is 0.243. The Morgan fingerprint density at radius 2 is 1.87 bits per heavy atom. The minimum Gasteiger partial charge on any atom is -0.497 e. The predicted octanol–water partition coefficient (Wildman–Crippen LogP) is 3.10. The molecule has 11 heteroatoms. The molecular weight excluding hydrogens is 428 g/mol. The van der Waals surface area contributed by atoms with Crippen LogP contribution in [0, 0.1) is 10.1 Å². The van der Waals surface area contributed by atoms with Crippen LogP contribution in [0.2, 0.25) is 0 Å². The standard InChI is InChI=1S/C20H20N2O8S/c1-3-29-20(23)13-21(31(26,27)18-7-5-16(28-2)6-8-18)12-17-11-14-10-15(22(24)25)4-9-19(14)30-17/h4-11H,3,12-13H2,1-2H3.